The fourth-order valence-electron chi connectivity index (χ4n) is 0.847. The van der Waals surface area contributed by atoms with Gasteiger partial charge < -0.3 is 15.8 Å². The van der Waals surface area contributed by atoms with Crippen LogP contribution in [-0.2, 0) is 9.53 Å². The molecule has 1 unspecified atom stereocenters. The zero-order valence-corrected chi connectivity index (χ0v) is 10.6. The normalized spacial score (nSPS) is 12.1. The van der Waals surface area contributed by atoms with Crippen LogP contribution in [0.15, 0.2) is 0 Å². The first-order valence-corrected chi connectivity index (χ1v) is 5.14. The van der Waals surface area contributed by atoms with Crippen LogP contribution in [0.3, 0.4) is 0 Å². The van der Waals surface area contributed by atoms with Gasteiger partial charge >= 0.3 is 0 Å². The number of ether oxygens (including phenoxy) is 1. The molecule has 0 aliphatic carbocycles. The van der Waals surface area contributed by atoms with Crippen molar-refractivity contribution in [2.24, 2.45) is 11.7 Å². The molecule has 0 saturated heterocycles. The summed E-state index contributed by atoms with van der Waals surface area (Å²) in [6.45, 7) is 7.65. The molecular formula is C10H23ClN2O2. The first-order valence-electron chi connectivity index (χ1n) is 5.14. The Kier molecular flexibility index (Phi) is 11.6. The number of nitrogens with one attached hydrogen (secondary N) is 1. The average molecular weight is 239 g/mol. The molecule has 3 N–H and O–H groups in total. The van der Waals surface area contributed by atoms with Crippen molar-refractivity contribution in [3.63, 3.8) is 0 Å². The molecule has 1 amide bonds. The van der Waals surface area contributed by atoms with E-state index in [1.807, 2.05) is 20.8 Å². The summed E-state index contributed by atoms with van der Waals surface area (Å²) < 4.78 is 5.26. The zero-order valence-electron chi connectivity index (χ0n) is 9.79. The molecule has 0 heterocycles. The zero-order chi connectivity index (χ0) is 11.0. The van der Waals surface area contributed by atoms with Crippen LogP contribution in [0.2, 0.25) is 0 Å². The summed E-state index contributed by atoms with van der Waals surface area (Å²) in [6.07, 6.45) is 0.612. The second-order valence-corrected chi connectivity index (χ2v) is 3.81. The molecule has 0 aliphatic rings. The van der Waals surface area contributed by atoms with Gasteiger partial charge in [0.05, 0.1) is 12.7 Å². The third-order valence-corrected chi connectivity index (χ3v) is 1.83. The highest BCUT2D eigenvalue weighted by Gasteiger charge is 2.04. The van der Waals surface area contributed by atoms with Crippen LogP contribution >= 0.6 is 12.4 Å². The van der Waals surface area contributed by atoms with E-state index in [4.69, 9.17) is 10.5 Å². The summed E-state index contributed by atoms with van der Waals surface area (Å²) in [5.41, 5.74) is 5.42. The molecule has 4 nitrogen and oxygen atoms in total. The van der Waals surface area contributed by atoms with Crippen LogP contribution in [0.25, 0.3) is 0 Å². The average Bonchev–Trinajstić information content (AvgIpc) is 2.13. The van der Waals surface area contributed by atoms with Crippen molar-refractivity contribution >= 4 is 18.3 Å². The fraction of sp³-hybridized carbons (Fsp3) is 0.900. The van der Waals surface area contributed by atoms with E-state index in [0.29, 0.717) is 32.0 Å². The molecule has 0 fully saturated rings. The van der Waals surface area contributed by atoms with Crippen molar-refractivity contribution in [3.8, 4) is 0 Å². The van der Waals surface area contributed by atoms with Crippen LogP contribution < -0.4 is 11.1 Å². The van der Waals surface area contributed by atoms with Crippen LogP contribution in [0.1, 0.15) is 27.2 Å². The van der Waals surface area contributed by atoms with Gasteiger partial charge in [-0.3, -0.25) is 4.79 Å². The predicted molar refractivity (Wildman–Crippen MR) is 64.2 cm³/mol. The standard InChI is InChI=1S/C10H22N2O2.ClH/c1-8(2)14-5-4-10(13)12-7-9(3)6-11;/h8-9H,4-7,11H2,1-3H3,(H,12,13);1H. The SMILES string of the molecule is CC(CN)CNC(=O)CCOC(C)C.Cl. The molecule has 0 rings (SSSR count). The van der Waals surface area contributed by atoms with Gasteiger partial charge in [0.25, 0.3) is 0 Å². The molecule has 1 atom stereocenters. The Bertz CT molecular complexity index is 166. The molecule has 0 radical (unpaired) electrons. The summed E-state index contributed by atoms with van der Waals surface area (Å²) in [5, 5.41) is 2.81. The summed E-state index contributed by atoms with van der Waals surface area (Å²) in [4.78, 5) is 11.2. The Morgan fingerprint density at radius 1 is 1.40 bits per heavy atom. The summed E-state index contributed by atoms with van der Waals surface area (Å²) in [7, 11) is 0. The van der Waals surface area contributed by atoms with Gasteiger partial charge in [-0.15, -0.1) is 12.4 Å². The van der Waals surface area contributed by atoms with E-state index in [1.54, 1.807) is 0 Å². The smallest absolute Gasteiger partial charge is 0.222 e. The third-order valence-electron chi connectivity index (χ3n) is 1.83. The predicted octanol–water partition coefficient (Wildman–Crippen LogP) is 0.934. The van der Waals surface area contributed by atoms with Crippen molar-refractivity contribution < 1.29 is 9.53 Å². The van der Waals surface area contributed by atoms with Crippen molar-refractivity contribution in [3.05, 3.63) is 0 Å². The number of hydrogen-bond donors (Lipinski definition) is 2. The van der Waals surface area contributed by atoms with Crippen LogP contribution in [0.4, 0.5) is 0 Å². The fourth-order valence-corrected chi connectivity index (χ4v) is 0.847. The maximum Gasteiger partial charge on any atom is 0.222 e. The molecule has 92 valence electrons. The number of carbonyl (C=O) groups is 1. The molecule has 0 aromatic rings. The van der Waals surface area contributed by atoms with Crippen molar-refractivity contribution in [1.29, 1.82) is 0 Å². The van der Waals surface area contributed by atoms with Crippen LogP contribution in [0, 0.1) is 5.92 Å². The number of carbonyl (C=O) groups excluding carboxylic acids is 1. The molecule has 0 aliphatic heterocycles. The van der Waals surface area contributed by atoms with Gasteiger partial charge in [0, 0.05) is 13.0 Å². The number of hydrogen-bond acceptors (Lipinski definition) is 3. The van der Waals surface area contributed by atoms with E-state index in [-0.39, 0.29) is 24.4 Å². The lowest BCUT2D eigenvalue weighted by molar-refractivity contribution is -0.122. The molecule has 0 saturated carbocycles. The van der Waals surface area contributed by atoms with Gasteiger partial charge in [0.15, 0.2) is 0 Å². The molecule has 15 heavy (non-hydrogen) atoms. The highest BCUT2D eigenvalue weighted by molar-refractivity contribution is 5.85. The van der Waals surface area contributed by atoms with E-state index in [1.165, 1.54) is 0 Å². The van der Waals surface area contributed by atoms with Gasteiger partial charge in [-0.1, -0.05) is 6.92 Å². The Labute approximate surface area is 98.3 Å². The lowest BCUT2D eigenvalue weighted by Gasteiger charge is -2.11. The van der Waals surface area contributed by atoms with Crippen molar-refractivity contribution in [2.45, 2.75) is 33.3 Å². The van der Waals surface area contributed by atoms with E-state index in [2.05, 4.69) is 5.32 Å². The van der Waals surface area contributed by atoms with Crippen molar-refractivity contribution in [2.75, 3.05) is 19.7 Å². The van der Waals surface area contributed by atoms with Gasteiger partial charge in [-0.2, -0.15) is 0 Å². The summed E-state index contributed by atoms with van der Waals surface area (Å²) >= 11 is 0. The Balaban J connectivity index is 0. The minimum absolute atomic E-state index is 0. The molecule has 0 aromatic heterocycles. The van der Waals surface area contributed by atoms with E-state index in [0.717, 1.165) is 0 Å². The van der Waals surface area contributed by atoms with E-state index < -0.39 is 0 Å². The molecule has 0 spiro atoms. The van der Waals surface area contributed by atoms with Crippen molar-refractivity contribution in [1.82, 2.24) is 5.32 Å². The Morgan fingerprint density at radius 2 is 2.00 bits per heavy atom. The van der Waals surface area contributed by atoms with Crippen LogP contribution in [-0.4, -0.2) is 31.7 Å². The molecule has 0 bridgehead atoms. The van der Waals surface area contributed by atoms with Gasteiger partial charge in [0.2, 0.25) is 5.91 Å². The summed E-state index contributed by atoms with van der Waals surface area (Å²) in [6, 6.07) is 0. The number of amides is 1. The van der Waals surface area contributed by atoms with Crippen LogP contribution in [0.5, 0.6) is 0 Å². The van der Waals surface area contributed by atoms with E-state index >= 15 is 0 Å². The van der Waals surface area contributed by atoms with Gasteiger partial charge in [0.1, 0.15) is 0 Å². The lowest BCUT2D eigenvalue weighted by atomic mass is 10.2. The molecular weight excluding hydrogens is 216 g/mol. The minimum atomic E-state index is 0. The maximum atomic E-state index is 11.2. The lowest BCUT2D eigenvalue weighted by Crippen LogP contribution is -2.31. The maximum absolute atomic E-state index is 11.2. The van der Waals surface area contributed by atoms with Gasteiger partial charge in [-0.05, 0) is 26.3 Å². The third kappa shape index (κ3) is 11.6. The minimum Gasteiger partial charge on any atom is -0.378 e. The topological polar surface area (TPSA) is 64.3 Å². The Hall–Kier alpha value is -0.320. The molecule has 0 aromatic carbocycles. The quantitative estimate of drug-likeness (QED) is 0.694. The second-order valence-electron chi connectivity index (χ2n) is 3.81. The highest BCUT2D eigenvalue weighted by Crippen LogP contribution is 1.92. The first-order chi connectivity index (χ1) is 6.56. The Morgan fingerprint density at radius 3 is 2.47 bits per heavy atom. The number of rotatable bonds is 7. The number of nitrogens with two attached hydrogens (primary N) is 1. The van der Waals surface area contributed by atoms with E-state index in [9.17, 15) is 4.79 Å². The molecule has 5 heteroatoms. The second kappa shape index (κ2) is 10.2. The summed E-state index contributed by atoms with van der Waals surface area (Å²) in [5.74, 6) is 0.371. The highest BCUT2D eigenvalue weighted by atomic mass is 35.5. The first kappa shape index (κ1) is 17.1. The number of halogens is 1. The monoisotopic (exact) mass is 238 g/mol. The van der Waals surface area contributed by atoms with Gasteiger partial charge in [-0.25, -0.2) is 0 Å². The largest absolute Gasteiger partial charge is 0.378 e.